The standard InChI is InChI=1S/C9H4Cl3N3O2S/c10-4-2-1-3-5(11)6(4)13-9-14-7(12)8(18-9)15(16)17/h1-3H,(H,13,14). The molecule has 0 aliphatic carbocycles. The Bertz CT molecular complexity index is 597. The van der Waals surface area contributed by atoms with Gasteiger partial charge in [-0.3, -0.25) is 10.1 Å². The minimum absolute atomic E-state index is 0.171. The van der Waals surface area contributed by atoms with Gasteiger partial charge in [0.15, 0.2) is 5.13 Å². The number of nitrogens with zero attached hydrogens (tertiary/aromatic N) is 2. The molecule has 1 aromatic heterocycles. The highest BCUT2D eigenvalue weighted by atomic mass is 35.5. The quantitative estimate of drug-likeness (QED) is 0.653. The zero-order valence-corrected chi connectivity index (χ0v) is 11.6. The number of nitrogens with one attached hydrogen (secondary N) is 1. The summed E-state index contributed by atoms with van der Waals surface area (Å²) >= 11 is 18.3. The highest BCUT2D eigenvalue weighted by Crippen LogP contribution is 2.38. The minimum atomic E-state index is -0.598. The fourth-order valence-electron chi connectivity index (χ4n) is 1.18. The molecule has 2 rings (SSSR count). The maximum Gasteiger partial charge on any atom is 0.364 e. The van der Waals surface area contributed by atoms with Crippen LogP contribution in [0, 0.1) is 10.1 Å². The lowest BCUT2D eigenvalue weighted by molar-refractivity contribution is -0.380. The van der Waals surface area contributed by atoms with Gasteiger partial charge in [0.25, 0.3) is 0 Å². The molecule has 9 heteroatoms. The molecule has 94 valence electrons. The van der Waals surface area contributed by atoms with Crippen LogP contribution in [0.5, 0.6) is 0 Å². The number of hydrogen-bond acceptors (Lipinski definition) is 5. The van der Waals surface area contributed by atoms with Crippen LogP contribution < -0.4 is 5.32 Å². The Morgan fingerprint density at radius 3 is 2.39 bits per heavy atom. The van der Waals surface area contributed by atoms with Crippen molar-refractivity contribution in [3.63, 3.8) is 0 Å². The summed E-state index contributed by atoms with van der Waals surface area (Å²) in [6.45, 7) is 0. The van der Waals surface area contributed by atoms with Crippen LogP contribution in [0.2, 0.25) is 15.2 Å². The number of halogens is 3. The van der Waals surface area contributed by atoms with Crippen molar-refractivity contribution in [2.75, 3.05) is 5.32 Å². The lowest BCUT2D eigenvalue weighted by Gasteiger charge is -2.06. The molecule has 0 aliphatic heterocycles. The van der Waals surface area contributed by atoms with Crippen molar-refractivity contribution < 1.29 is 4.92 Å². The van der Waals surface area contributed by atoms with Crippen molar-refractivity contribution in [1.82, 2.24) is 4.98 Å². The van der Waals surface area contributed by atoms with Crippen LogP contribution in [0.25, 0.3) is 0 Å². The molecule has 1 heterocycles. The monoisotopic (exact) mass is 323 g/mol. The van der Waals surface area contributed by atoms with Crippen LogP contribution >= 0.6 is 46.1 Å². The summed E-state index contributed by atoms with van der Waals surface area (Å²) in [5, 5.41) is 14.1. The van der Waals surface area contributed by atoms with Crippen LogP contribution in [0.15, 0.2) is 18.2 Å². The average molecular weight is 325 g/mol. The number of rotatable bonds is 3. The Morgan fingerprint density at radius 1 is 1.28 bits per heavy atom. The van der Waals surface area contributed by atoms with E-state index >= 15 is 0 Å². The summed E-state index contributed by atoms with van der Waals surface area (Å²) in [7, 11) is 0. The van der Waals surface area contributed by atoms with E-state index in [2.05, 4.69) is 10.3 Å². The molecule has 0 bridgehead atoms. The molecule has 0 fully saturated rings. The molecule has 0 amide bonds. The normalized spacial score (nSPS) is 10.4. The Morgan fingerprint density at radius 2 is 1.89 bits per heavy atom. The summed E-state index contributed by atoms with van der Waals surface area (Å²) in [4.78, 5) is 13.9. The van der Waals surface area contributed by atoms with Crippen LogP contribution in [-0.4, -0.2) is 9.91 Å². The second kappa shape index (κ2) is 5.27. The van der Waals surface area contributed by atoms with Crippen molar-refractivity contribution in [3.8, 4) is 0 Å². The second-order valence-electron chi connectivity index (χ2n) is 3.09. The van der Waals surface area contributed by atoms with Gasteiger partial charge in [-0.1, -0.05) is 40.9 Å². The van der Waals surface area contributed by atoms with E-state index in [-0.39, 0.29) is 15.3 Å². The van der Waals surface area contributed by atoms with Gasteiger partial charge in [0.1, 0.15) is 0 Å². The maximum atomic E-state index is 10.6. The van der Waals surface area contributed by atoms with Gasteiger partial charge < -0.3 is 5.32 Å². The third-order valence-electron chi connectivity index (χ3n) is 1.93. The summed E-state index contributed by atoms with van der Waals surface area (Å²) in [6.07, 6.45) is 0. The van der Waals surface area contributed by atoms with E-state index in [1.165, 1.54) is 0 Å². The van der Waals surface area contributed by atoms with Crippen LogP contribution in [0.1, 0.15) is 0 Å². The molecule has 1 N–H and O–H groups in total. The first kappa shape index (κ1) is 13.4. The van der Waals surface area contributed by atoms with Gasteiger partial charge in [-0.25, -0.2) is 4.98 Å². The minimum Gasteiger partial charge on any atom is -0.329 e. The van der Waals surface area contributed by atoms with Crippen molar-refractivity contribution in [2.24, 2.45) is 0 Å². The predicted molar refractivity (Wildman–Crippen MR) is 73.5 cm³/mol. The van der Waals surface area contributed by atoms with Gasteiger partial charge >= 0.3 is 5.00 Å². The first-order valence-electron chi connectivity index (χ1n) is 4.51. The summed E-state index contributed by atoms with van der Waals surface area (Å²) in [5.74, 6) is 0. The number of anilines is 2. The Hall–Kier alpha value is -1.08. The second-order valence-corrected chi connectivity index (χ2v) is 5.24. The van der Waals surface area contributed by atoms with E-state index in [1.54, 1.807) is 18.2 Å². The molecule has 0 saturated carbocycles. The largest absolute Gasteiger partial charge is 0.364 e. The third-order valence-corrected chi connectivity index (χ3v) is 3.86. The number of hydrogen-bond donors (Lipinski definition) is 1. The molecule has 0 aliphatic rings. The Labute approximate surface area is 120 Å². The van der Waals surface area contributed by atoms with Crippen LogP contribution in [-0.2, 0) is 0 Å². The van der Waals surface area contributed by atoms with E-state index in [0.717, 1.165) is 11.3 Å². The zero-order valence-electron chi connectivity index (χ0n) is 8.49. The molecule has 0 unspecified atom stereocenters. The fourth-order valence-corrected chi connectivity index (χ4v) is 2.67. The Kier molecular flexibility index (Phi) is 3.91. The molecule has 1 aromatic carbocycles. The molecule has 5 nitrogen and oxygen atoms in total. The smallest absolute Gasteiger partial charge is 0.329 e. The Balaban J connectivity index is 2.35. The third kappa shape index (κ3) is 2.67. The summed E-state index contributed by atoms with van der Waals surface area (Å²) < 4.78 is 0. The van der Waals surface area contributed by atoms with Gasteiger partial charge in [-0.15, -0.1) is 0 Å². The number of aromatic nitrogens is 1. The lowest BCUT2D eigenvalue weighted by Crippen LogP contribution is -1.91. The van der Waals surface area contributed by atoms with Crippen molar-refractivity contribution in [2.45, 2.75) is 0 Å². The van der Waals surface area contributed by atoms with Gasteiger partial charge in [0, 0.05) is 0 Å². The molecular weight excluding hydrogens is 321 g/mol. The van der Waals surface area contributed by atoms with Crippen LogP contribution in [0.4, 0.5) is 15.8 Å². The predicted octanol–water partition coefficient (Wildman–Crippen LogP) is 4.76. The van der Waals surface area contributed by atoms with Gasteiger partial charge in [0.05, 0.1) is 20.7 Å². The number of para-hydroxylation sites is 1. The van der Waals surface area contributed by atoms with Crippen molar-refractivity contribution in [1.29, 1.82) is 0 Å². The van der Waals surface area contributed by atoms with Gasteiger partial charge in [-0.05, 0) is 23.5 Å². The first-order valence-corrected chi connectivity index (χ1v) is 6.46. The van der Waals surface area contributed by atoms with Crippen molar-refractivity contribution in [3.05, 3.63) is 43.5 Å². The zero-order chi connectivity index (χ0) is 13.3. The molecule has 0 spiro atoms. The number of nitro groups is 1. The van der Waals surface area contributed by atoms with Gasteiger partial charge in [-0.2, -0.15) is 0 Å². The maximum absolute atomic E-state index is 10.6. The fraction of sp³-hybridized carbons (Fsp3) is 0. The molecule has 0 radical (unpaired) electrons. The molecule has 18 heavy (non-hydrogen) atoms. The van der Waals surface area contributed by atoms with Gasteiger partial charge in [0.2, 0.25) is 5.15 Å². The first-order chi connectivity index (χ1) is 8.49. The molecule has 0 saturated heterocycles. The van der Waals surface area contributed by atoms with E-state index in [4.69, 9.17) is 34.8 Å². The summed E-state index contributed by atoms with van der Waals surface area (Å²) in [6, 6.07) is 4.96. The lowest BCUT2D eigenvalue weighted by atomic mass is 10.3. The van der Waals surface area contributed by atoms with Crippen LogP contribution in [0.3, 0.4) is 0 Å². The number of benzene rings is 1. The van der Waals surface area contributed by atoms with E-state index < -0.39 is 4.92 Å². The van der Waals surface area contributed by atoms with Crippen molar-refractivity contribution >= 4 is 62.0 Å². The van der Waals surface area contributed by atoms with E-state index in [9.17, 15) is 10.1 Å². The topological polar surface area (TPSA) is 68.1 Å². The summed E-state index contributed by atoms with van der Waals surface area (Å²) in [5.41, 5.74) is 0.432. The SMILES string of the molecule is O=[N+]([O-])c1sc(Nc2c(Cl)cccc2Cl)nc1Cl. The molecule has 0 atom stereocenters. The highest BCUT2D eigenvalue weighted by Gasteiger charge is 2.20. The average Bonchev–Trinajstić information content (AvgIpc) is 2.65. The number of thiazole rings is 1. The van der Waals surface area contributed by atoms with E-state index in [1.807, 2.05) is 0 Å². The molecular formula is C9H4Cl3N3O2S. The van der Waals surface area contributed by atoms with E-state index in [0.29, 0.717) is 15.7 Å². The molecule has 2 aromatic rings. The highest BCUT2D eigenvalue weighted by molar-refractivity contribution is 7.19.